The van der Waals surface area contributed by atoms with Crippen molar-refractivity contribution in [3.8, 4) is 55.6 Å². The van der Waals surface area contributed by atoms with Gasteiger partial charge in [0.2, 0.25) is 0 Å². The molecule has 0 atom stereocenters. The Balaban J connectivity index is 1.14. The first kappa shape index (κ1) is 35.2. The molecule has 9 aromatic carbocycles. The topological polar surface area (TPSA) is 3.24 Å². The van der Waals surface area contributed by atoms with Gasteiger partial charge in [0.05, 0.1) is 5.69 Å². The molecule has 2 aliphatic rings. The smallest absolute Gasteiger partial charge is 0.0546 e. The summed E-state index contributed by atoms with van der Waals surface area (Å²) in [5, 5.41) is 2.52. The van der Waals surface area contributed by atoms with Crippen molar-refractivity contribution in [3.63, 3.8) is 0 Å². The summed E-state index contributed by atoms with van der Waals surface area (Å²) in [5.41, 5.74) is 21.2. The summed E-state index contributed by atoms with van der Waals surface area (Å²) in [6.07, 6.45) is 0. The maximum absolute atomic E-state index is 2.53. The van der Waals surface area contributed by atoms with E-state index in [1.807, 2.05) is 0 Å². The first-order valence-corrected chi connectivity index (χ1v) is 20.8. The van der Waals surface area contributed by atoms with Gasteiger partial charge in [0, 0.05) is 27.8 Å². The molecule has 0 amide bonds. The van der Waals surface area contributed by atoms with Crippen molar-refractivity contribution in [1.82, 2.24) is 0 Å². The molecule has 2 aliphatic carbocycles. The van der Waals surface area contributed by atoms with Crippen LogP contribution in [-0.4, -0.2) is 0 Å². The molecule has 0 bridgehead atoms. The van der Waals surface area contributed by atoms with E-state index in [9.17, 15) is 0 Å². The van der Waals surface area contributed by atoms with E-state index in [0.29, 0.717) is 0 Å². The molecule has 0 spiro atoms. The molecule has 59 heavy (non-hydrogen) atoms. The largest absolute Gasteiger partial charge is 0.310 e. The van der Waals surface area contributed by atoms with Gasteiger partial charge in [0.15, 0.2) is 0 Å². The normalized spacial score (nSPS) is 14.0. The lowest BCUT2D eigenvalue weighted by Crippen LogP contribution is -2.18. The van der Waals surface area contributed by atoms with E-state index in [1.165, 1.54) is 88.7 Å². The molecule has 0 N–H and O–H groups in total. The van der Waals surface area contributed by atoms with Crippen LogP contribution in [0.5, 0.6) is 0 Å². The fourth-order valence-corrected chi connectivity index (χ4v) is 10.2. The highest BCUT2D eigenvalue weighted by molar-refractivity contribution is 5.98. The van der Waals surface area contributed by atoms with E-state index in [0.717, 1.165) is 17.1 Å². The number of hydrogen-bond acceptors (Lipinski definition) is 1. The van der Waals surface area contributed by atoms with Gasteiger partial charge in [-0.25, -0.2) is 0 Å². The molecule has 0 saturated carbocycles. The van der Waals surface area contributed by atoms with Crippen LogP contribution in [0.2, 0.25) is 0 Å². The summed E-state index contributed by atoms with van der Waals surface area (Å²) in [6, 6.07) is 74.5. The lowest BCUT2D eigenvalue weighted by atomic mass is 9.82. The van der Waals surface area contributed by atoms with Crippen LogP contribution in [0.1, 0.15) is 49.9 Å². The predicted molar refractivity (Wildman–Crippen MR) is 250 cm³/mol. The first-order chi connectivity index (χ1) is 28.8. The minimum Gasteiger partial charge on any atom is -0.310 e. The Bertz CT molecular complexity index is 2980. The third kappa shape index (κ3) is 5.53. The summed E-state index contributed by atoms with van der Waals surface area (Å²) in [4.78, 5) is 2.53. The van der Waals surface area contributed by atoms with Crippen molar-refractivity contribution in [3.05, 3.63) is 222 Å². The van der Waals surface area contributed by atoms with Gasteiger partial charge in [-0.1, -0.05) is 198 Å². The van der Waals surface area contributed by atoms with E-state index in [4.69, 9.17) is 0 Å². The van der Waals surface area contributed by atoms with Crippen LogP contribution in [0.25, 0.3) is 66.4 Å². The van der Waals surface area contributed by atoms with Crippen LogP contribution in [0.3, 0.4) is 0 Å². The van der Waals surface area contributed by atoms with Crippen LogP contribution in [0.4, 0.5) is 17.1 Å². The van der Waals surface area contributed by atoms with Crippen molar-refractivity contribution < 1.29 is 0 Å². The van der Waals surface area contributed by atoms with Crippen molar-refractivity contribution in [2.45, 2.75) is 38.5 Å². The minimum absolute atomic E-state index is 0.138. The summed E-state index contributed by atoms with van der Waals surface area (Å²) >= 11 is 0. The van der Waals surface area contributed by atoms with E-state index in [2.05, 4.69) is 233 Å². The van der Waals surface area contributed by atoms with E-state index in [-0.39, 0.29) is 10.8 Å². The summed E-state index contributed by atoms with van der Waals surface area (Å²) in [5.74, 6) is 0. The Kier molecular flexibility index (Phi) is 7.94. The molecule has 1 heteroatoms. The van der Waals surface area contributed by atoms with Crippen LogP contribution in [0.15, 0.2) is 200 Å². The Morgan fingerprint density at radius 1 is 0.305 bits per heavy atom. The van der Waals surface area contributed by atoms with Gasteiger partial charge in [-0.05, 0) is 113 Å². The van der Waals surface area contributed by atoms with Crippen molar-refractivity contribution in [1.29, 1.82) is 0 Å². The fourth-order valence-electron chi connectivity index (χ4n) is 10.2. The number of hydrogen-bond donors (Lipinski definition) is 0. The molecule has 0 saturated heterocycles. The first-order valence-electron chi connectivity index (χ1n) is 20.8. The maximum Gasteiger partial charge on any atom is 0.0546 e. The number of anilines is 3. The molecule has 0 aliphatic heterocycles. The third-order valence-electron chi connectivity index (χ3n) is 13.3. The summed E-state index contributed by atoms with van der Waals surface area (Å²) in [6.45, 7) is 9.50. The standard InChI is InChI=1S/C58H45N/c1-57(2)52-23-12-10-20-48(52)50-33-30-43(36-54(50)57)59(44-31-34-51-49-21-11-13-24-53(49)58(3,4)55(51)37-44)56-35-42(38-15-6-5-7-16-38)29-32-47(56)41-27-25-40(26-28-41)46-22-14-18-39-17-8-9-19-45(39)46/h5-37H,1-4H3. The fraction of sp³-hybridized carbons (Fsp3) is 0.103. The van der Waals surface area contributed by atoms with Gasteiger partial charge in [0.1, 0.15) is 0 Å². The Morgan fingerprint density at radius 3 is 1.39 bits per heavy atom. The minimum atomic E-state index is -0.138. The van der Waals surface area contributed by atoms with E-state index < -0.39 is 0 Å². The number of rotatable bonds is 6. The van der Waals surface area contributed by atoms with Gasteiger partial charge < -0.3 is 4.90 Å². The summed E-state index contributed by atoms with van der Waals surface area (Å²) < 4.78 is 0. The molecule has 1 nitrogen and oxygen atoms in total. The molecule has 0 aromatic heterocycles. The van der Waals surface area contributed by atoms with Gasteiger partial charge in [-0.3, -0.25) is 0 Å². The average Bonchev–Trinajstić information content (AvgIpc) is 3.65. The highest BCUT2D eigenvalue weighted by Gasteiger charge is 2.38. The number of nitrogens with zero attached hydrogens (tertiary/aromatic N) is 1. The highest BCUT2D eigenvalue weighted by atomic mass is 15.1. The van der Waals surface area contributed by atoms with Gasteiger partial charge >= 0.3 is 0 Å². The van der Waals surface area contributed by atoms with Crippen LogP contribution >= 0.6 is 0 Å². The zero-order valence-electron chi connectivity index (χ0n) is 34.0. The molecule has 0 unspecified atom stereocenters. The van der Waals surface area contributed by atoms with Gasteiger partial charge in [-0.2, -0.15) is 0 Å². The zero-order valence-corrected chi connectivity index (χ0v) is 34.0. The lowest BCUT2D eigenvalue weighted by Gasteiger charge is -2.31. The van der Waals surface area contributed by atoms with E-state index in [1.54, 1.807) is 0 Å². The monoisotopic (exact) mass is 755 g/mol. The SMILES string of the molecule is CC1(C)c2ccccc2-c2ccc(N(c3ccc4c(c3)C(C)(C)c3ccccc3-4)c3cc(-c4ccccc4)ccc3-c3ccc(-c4cccc5ccccc45)cc3)cc21. The van der Waals surface area contributed by atoms with Gasteiger partial charge in [0.25, 0.3) is 0 Å². The second kappa shape index (κ2) is 13.3. The van der Waals surface area contributed by atoms with Crippen LogP contribution in [0, 0.1) is 0 Å². The molecular weight excluding hydrogens is 711 g/mol. The quantitative estimate of drug-likeness (QED) is 0.163. The average molecular weight is 756 g/mol. The second-order valence-electron chi connectivity index (χ2n) is 17.3. The molecule has 0 radical (unpaired) electrons. The van der Waals surface area contributed by atoms with Crippen molar-refractivity contribution >= 4 is 27.8 Å². The third-order valence-corrected chi connectivity index (χ3v) is 13.3. The maximum atomic E-state index is 2.53. The highest BCUT2D eigenvalue weighted by Crippen LogP contribution is 2.54. The Labute approximate surface area is 347 Å². The molecule has 0 fully saturated rings. The molecule has 9 aromatic rings. The molecule has 11 rings (SSSR count). The van der Waals surface area contributed by atoms with Crippen LogP contribution < -0.4 is 4.90 Å². The second-order valence-corrected chi connectivity index (χ2v) is 17.3. The van der Waals surface area contributed by atoms with Crippen molar-refractivity contribution in [2.24, 2.45) is 0 Å². The molecule has 282 valence electrons. The Morgan fingerprint density at radius 2 is 0.763 bits per heavy atom. The Hall–Kier alpha value is -6.96. The number of benzene rings is 9. The van der Waals surface area contributed by atoms with Gasteiger partial charge in [-0.15, -0.1) is 0 Å². The van der Waals surface area contributed by atoms with E-state index >= 15 is 0 Å². The lowest BCUT2D eigenvalue weighted by molar-refractivity contribution is 0.660. The van der Waals surface area contributed by atoms with Crippen LogP contribution in [-0.2, 0) is 10.8 Å². The van der Waals surface area contributed by atoms with Crippen molar-refractivity contribution in [2.75, 3.05) is 4.90 Å². The number of fused-ring (bicyclic) bond motifs is 7. The summed E-state index contributed by atoms with van der Waals surface area (Å²) in [7, 11) is 0. The predicted octanol–water partition coefficient (Wildman–Crippen LogP) is 15.9. The molecular formula is C58H45N. The zero-order chi connectivity index (χ0) is 39.9. The molecule has 0 heterocycles.